The van der Waals surface area contributed by atoms with Gasteiger partial charge in [-0.3, -0.25) is 4.90 Å². The molecular weight excluding hydrogens is 292 g/mol. The van der Waals surface area contributed by atoms with Gasteiger partial charge in [0.2, 0.25) is 5.95 Å². The van der Waals surface area contributed by atoms with E-state index >= 15 is 0 Å². The third-order valence-corrected chi connectivity index (χ3v) is 4.01. The molecule has 122 valence electrons. The third-order valence-electron chi connectivity index (χ3n) is 4.01. The van der Waals surface area contributed by atoms with E-state index in [0.717, 1.165) is 24.5 Å². The van der Waals surface area contributed by atoms with Crippen molar-refractivity contribution in [3.63, 3.8) is 0 Å². The Morgan fingerprint density at radius 2 is 2.09 bits per heavy atom. The summed E-state index contributed by atoms with van der Waals surface area (Å²) in [6, 6.07) is 3.97. The van der Waals surface area contributed by atoms with Gasteiger partial charge in [0.05, 0.1) is 18.3 Å². The van der Waals surface area contributed by atoms with Crippen molar-refractivity contribution >= 4 is 11.8 Å². The van der Waals surface area contributed by atoms with E-state index in [1.165, 1.54) is 12.8 Å². The highest BCUT2D eigenvalue weighted by atomic mass is 16.3. The molecule has 2 aromatic heterocycles. The molecule has 1 aliphatic rings. The van der Waals surface area contributed by atoms with Crippen LogP contribution in [0.5, 0.6) is 0 Å². The Morgan fingerprint density at radius 3 is 2.87 bits per heavy atom. The third kappa shape index (κ3) is 4.00. The van der Waals surface area contributed by atoms with Crippen LogP contribution in [0, 0.1) is 6.92 Å². The minimum atomic E-state index is 0.170. The molecule has 0 amide bonds. The molecule has 1 fully saturated rings. The zero-order valence-corrected chi connectivity index (χ0v) is 13.3. The van der Waals surface area contributed by atoms with Crippen LogP contribution in [0.1, 0.15) is 36.8 Å². The van der Waals surface area contributed by atoms with Crippen LogP contribution < -0.4 is 5.32 Å². The lowest BCUT2D eigenvalue weighted by Gasteiger charge is -2.35. The minimum Gasteiger partial charge on any atom is -0.395 e. The van der Waals surface area contributed by atoms with Gasteiger partial charge in [-0.05, 0) is 32.4 Å². The van der Waals surface area contributed by atoms with E-state index in [1.54, 1.807) is 18.5 Å². The Labute approximate surface area is 135 Å². The molecule has 23 heavy (non-hydrogen) atoms. The highest BCUT2D eigenvalue weighted by molar-refractivity contribution is 5.48. The van der Waals surface area contributed by atoms with Gasteiger partial charge in [-0.25, -0.2) is 19.9 Å². The molecular formula is C16H22N6O. The lowest BCUT2D eigenvalue weighted by atomic mass is 9.99. The van der Waals surface area contributed by atoms with Gasteiger partial charge in [-0.1, -0.05) is 6.42 Å². The number of aliphatic hydroxyl groups excluding tert-OH is 1. The van der Waals surface area contributed by atoms with E-state index in [-0.39, 0.29) is 12.6 Å². The van der Waals surface area contributed by atoms with Gasteiger partial charge in [0, 0.05) is 25.0 Å². The van der Waals surface area contributed by atoms with Gasteiger partial charge in [0.15, 0.2) is 0 Å². The van der Waals surface area contributed by atoms with Crippen molar-refractivity contribution in [3.8, 4) is 0 Å². The fraction of sp³-hybridized carbons (Fsp3) is 0.500. The Hall–Kier alpha value is -2.12. The normalized spacial score (nSPS) is 18.8. The number of likely N-dealkylation sites (tertiary alicyclic amines) is 1. The number of piperidine rings is 1. The monoisotopic (exact) mass is 314 g/mol. The largest absolute Gasteiger partial charge is 0.395 e. The molecule has 0 aromatic carbocycles. The molecule has 3 rings (SSSR count). The lowest BCUT2D eigenvalue weighted by Crippen LogP contribution is -2.36. The Morgan fingerprint density at radius 1 is 1.26 bits per heavy atom. The summed E-state index contributed by atoms with van der Waals surface area (Å²) < 4.78 is 0. The molecule has 0 aliphatic carbocycles. The summed E-state index contributed by atoms with van der Waals surface area (Å²) in [4.78, 5) is 19.7. The number of rotatable bonds is 5. The van der Waals surface area contributed by atoms with Crippen molar-refractivity contribution in [2.45, 2.75) is 32.2 Å². The van der Waals surface area contributed by atoms with Crippen molar-refractivity contribution < 1.29 is 5.11 Å². The number of aliphatic hydroxyl groups is 1. The second-order valence-electron chi connectivity index (χ2n) is 5.69. The van der Waals surface area contributed by atoms with Gasteiger partial charge in [0.25, 0.3) is 0 Å². The number of β-amino-alcohol motifs (C(OH)–C–C–N with tert-alkyl or cyclic N) is 1. The molecule has 1 saturated heterocycles. The average molecular weight is 314 g/mol. The van der Waals surface area contributed by atoms with Gasteiger partial charge in [0.1, 0.15) is 11.6 Å². The van der Waals surface area contributed by atoms with Crippen LogP contribution in [0.25, 0.3) is 0 Å². The van der Waals surface area contributed by atoms with Gasteiger partial charge < -0.3 is 10.4 Å². The van der Waals surface area contributed by atoms with Gasteiger partial charge in [-0.15, -0.1) is 0 Å². The first-order valence-electron chi connectivity index (χ1n) is 8.01. The number of aryl methyl sites for hydroxylation is 1. The number of nitrogens with zero attached hydrogens (tertiary/aromatic N) is 5. The Kier molecular flexibility index (Phi) is 5.09. The highest BCUT2D eigenvalue weighted by Gasteiger charge is 2.25. The predicted molar refractivity (Wildman–Crippen MR) is 87.3 cm³/mol. The van der Waals surface area contributed by atoms with Gasteiger partial charge >= 0.3 is 0 Å². The fourth-order valence-corrected chi connectivity index (χ4v) is 3.03. The molecule has 0 bridgehead atoms. The Bertz CT molecular complexity index is 634. The van der Waals surface area contributed by atoms with E-state index in [4.69, 9.17) is 0 Å². The number of nitrogens with one attached hydrogen (secondary N) is 1. The maximum absolute atomic E-state index is 9.28. The first kappa shape index (κ1) is 15.8. The maximum Gasteiger partial charge on any atom is 0.228 e. The van der Waals surface area contributed by atoms with Crippen molar-refractivity contribution in [1.82, 2.24) is 24.8 Å². The number of anilines is 2. The molecule has 0 unspecified atom stereocenters. The van der Waals surface area contributed by atoms with Crippen LogP contribution in [0.2, 0.25) is 0 Å². The van der Waals surface area contributed by atoms with Crippen LogP contribution in [0.4, 0.5) is 11.8 Å². The maximum atomic E-state index is 9.28. The van der Waals surface area contributed by atoms with E-state index in [9.17, 15) is 5.11 Å². The van der Waals surface area contributed by atoms with Crippen LogP contribution in [0.3, 0.4) is 0 Å². The second kappa shape index (κ2) is 7.43. The summed E-state index contributed by atoms with van der Waals surface area (Å²) in [6.07, 6.45) is 6.78. The molecule has 0 radical (unpaired) electrons. The summed E-state index contributed by atoms with van der Waals surface area (Å²) in [5.41, 5.74) is 0.990. The van der Waals surface area contributed by atoms with E-state index in [0.29, 0.717) is 18.3 Å². The zero-order valence-electron chi connectivity index (χ0n) is 13.3. The summed E-state index contributed by atoms with van der Waals surface area (Å²) in [6.45, 7) is 3.74. The molecule has 0 spiro atoms. The molecule has 7 heteroatoms. The van der Waals surface area contributed by atoms with Gasteiger partial charge in [-0.2, -0.15) is 0 Å². The van der Waals surface area contributed by atoms with Crippen LogP contribution in [-0.4, -0.2) is 49.6 Å². The highest BCUT2D eigenvalue weighted by Crippen LogP contribution is 2.30. The molecule has 7 nitrogen and oxygen atoms in total. The standard InChI is InChI=1S/C16H22N6O/c1-12-19-13(14-5-2-3-8-22(14)9-10-23)11-15(20-12)21-16-17-6-4-7-18-16/h4,6-7,11,14,23H,2-3,5,8-10H2,1H3,(H,17,18,19,20,21)/t14-/m1/s1. The van der Waals surface area contributed by atoms with Crippen molar-refractivity contribution in [2.75, 3.05) is 25.0 Å². The van der Waals surface area contributed by atoms with Crippen LogP contribution >= 0.6 is 0 Å². The van der Waals surface area contributed by atoms with Crippen molar-refractivity contribution in [1.29, 1.82) is 0 Å². The van der Waals surface area contributed by atoms with Crippen LogP contribution in [0.15, 0.2) is 24.5 Å². The number of hydrogen-bond donors (Lipinski definition) is 2. The molecule has 2 N–H and O–H groups in total. The van der Waals surface area contributed by atoms with E-state index in [2.05, 4.69) is 30.2 Å². The lowest BCUT2D eigenvalue weighted by molar-refractivity contribution is 0.114. The topological polar surface area (TPSA) is 87.1 Å². The van der Waals surface area contributed by atoms with Crippen molar-refractivity contribution in [2.24, 2.45) is 0 Å². The molecule has 1 atom stereocenters. The zero-order chi connectivity index (χ0) is 16.1. The van der Waals surface area contributed by atoms with E-state index in [1.807, 2.05) is 13.0 Å². The molecule has 3 heterocycles. The van der Waals surface area contributed by atoms with Crippen molar-refractivity contribution in [3.05, 3.63) is 36.0 Å². The Balaban J connectivity index is 1.84. The molecule has 2 aromatic rings. The number of aromatic nitrogens is 4. The molecule has 1 aliphatic heterocycles. The smallest absolute Gasteiger partial charge is 0.228 e. The molecule has 0 saturated carbocycles. The van der Waals surface area contributed by atoms with E-state index < -0.39 is 0 Å². The summed E-state index contributed by atoms with van der Waals surface area (Å²) in [7, 11) is 0. The second-order valence-corrected chi connectivity index (χ2v) is 5.69. The summed E-state index contributed by atoms with van der Waals surface area (Å²) in [5.74, 6) is 1.94. The summed E-state index contributed by atoms with van der Waals surface area (Å²) >= 11 is 0. The first-order chi connectivity index (χ1) is 11.3. The summed E-state index contributed by atoms with van der Waals surface area (Å²) in [5, 5.41) is 12.4. The fourth-order valence-electron chi connectivity index (χ4n) is 3.03. The quantitative estimate of drug-likeness (QED) is 0.870. The van der Waals surface area contributed by atoms with Crippen LogP contribution in [-0.2, 0) is 0 Å². The predicted octanol–water partition coefficient (Wildman–Crippen LogP) is 1.84. The SMILES string of the molecule is Cc1nc(Nc2ncccn2)cc([C@H]2CCCCN2CCO)n1. The number of hydrogen-bond acceptors (Lipinski definition) is 7. The minimum absolute atomic E-state index is 0.170. The first-order valence-corrected chi connectivity index (χ1v) is 8.01. The average Bonchev–Trinajstić information content (AvgIpc) is 2.56.